The van der Waals surface area contributed by atoms with Crippen molar-refractivity contribution < 1.29 is 8.42 Å². The van der Waals surface area contributed by atoms with Gasteiger partial charge in [0.15, 0.2) is 0 Å². The number of hydrogen-bond acceptors (Lipinski definition) is 5. The summed E-state index contributed by atoms with van der Waals surface area (Å²) in [4.78, 5) is 12.5. The molecule has 8 nitrogen and oxygen atoms in total. The van der Waals surface area contributed by atoms with E-state index in [1.807, 2.05) is 6.07 Å². The molecule has 2 aromatic rings. The Morgan fingerprint density at radius 2 is 1.81 bits per heavy atom. The molecule has 2 aliphatic rings. The van der Waals surface area contributed by atoms with Crippen LogP contribution in [-0.2, 0) is 10.0 Å². The van der Waals surface area contributed by atoms with Crippen LogP contribution in [0.25, 0.3) is 0 Å². The standard InChI is InChI=1S/C18H25N5O3S/c1-11-18(12(2)20-19-11)27(25,26)22-14-5-7-15(8-6-14)23-17(24)10-9-16(21-23)13-3-4-13/h9-10,13-15,22H,3-8H2,1-2H3,(H,19,20). The lowest BCUT2D eigenvalue weighted by atomic mass is 9.92. The average Bonchev–Trinajstić information content (AvgIpc) is 3.40. The van der Waals surface area contributed by atoms with E-state index in [0.29, 0.717) is 30.1 Å². The third-order valence-corrected chi connectivity index (χ3v) is 7.32. The summed E-state index contributed by atoms with van der Waals surface area (Å²) in [5.74, 6) is 0.501. The fraction of sp³-hybridized carbons (Fsp3) is 0.611. The second-order valence-electron chi connectivity index (χ2n) is 7.71. The van der Waals surface area contributed by atoms with Crippen molar-refractivity contribution in [2.75, 3.05) is 0 Å². The van der Waals surface area contributed by atoms with Gasteiger partial charge in [0.05, 0.1) is 23.1 Å². The van der Waals surface area contributed by atoms with Crippen molar-refractivity contribution in [2.24, 2.45) is 0 Å². The smallest absolute Gasteiger partial charge is 0.267 e. The molecule has 2 aliphatic carbocycles. The molecule has 2 fully saturated rings. The number of aromatic amines is 1. The monoisotopic (exact) mass is 391 g/mol. The maximum atomic E-state index is 12.7. The van der Waals surface area contributed by atoms with Crippen LogP contribution in [0.4, 0.5) is 0 Å². The van der Waals surface area contributed by atoms with Gasteiger partial charge in [0.25, 0.3) is 5.56 Å². The first-order valence-corrected chi connectivity index (χ1v) is 11.0. The molecule has 0 saturated heterocycles. The first-order valence-electron chi connectivity index (χ1n) is 9.49. The molecule has 0 bridgehead atoms. The molecule has 0 spiro atoms. The second-order valence-corrected chi connectivity index (χ2v) is 9.36. The average molecular weight is 391 g/mol. The van der Waals surface area contributed by atoms with E-state index in [-0.39, 0.29) is 22.5 Å². The molecule has 4 rings (SSSR count). The Labute approximate surface area is 158 Å². The molecule has 0 aliphatic heterocycles. The molecule has 2 heterocycles. The Hall–Kier alpha value is -2.00. The van der Waals surface area contributed by atoms with Crippen molar-refractivity contribution >= 4 is 10.0 Å². The summed E-state index contributed by atoms with van der Waals surface area (Å²) in [6.45, 7) is 3.39. The number of nitrogens with one attached hydrogen (secondary N) is 2. The zero-order valence-electron chi connectivity index (χ0n) is 15.6. The molecule has 0 amide bonds. The summed E-state index contributed by atoms with van der Waals surface area (Å²) in [7, 11) is -3.61. The van der Waals surface area contributed by atoms with Gasteiger partial charge in [0, 0.05) is 18.0 Å². The van der Waals surface area contributed by atoms with Crippen LogP contribution < -0.4 is 10.3 Å². The normalized spacial score (nSPS) is 23.5. The molecular formula is C18H25N5O3S. The maximum absolute atomic E-state index is 12.7. The minimum absolute atomic E-state index is 0.0364. The number of hydrogen-bond donors (Lipinski definition) is 2. The van der Waals surface area contributed by atoms with Crippen LogP contribution in [0.3, 0.4) is 0 Å². The Bertz CT molecular complexity index is 979. The predicted octanol–water partition coefficient (Wildman–Crippen LogP) is 1.92. The van der Waals surface area contributed by atoms with Gasteiger partial charge in [-0.1, -0.05) is 0 Å². The quantitative estimate of drug-likeness (QED) is 0.809. The van der Waals surface area contributed by atoms with Crippen LogP contribution >= 0.6 is 0 Å². The SMILES string of the molecule is Cc1n[nH]c(C)c1S(=O)(=O)NC1CCC(n2nc(C3CC3)ccc2=O)CC1. The van der Waals surface area contributed by atoms with Gasteiger partial charge in [-0.25, -0.2) is 17.8 Å². The zero-order valence-corrected chi connectivity index (χ0v) is 16.4. The van der Waals surface area contributed by atoms with Crippen LogP contribution in [0.15, 0.2) is 21.8 Å². The lowest BCUT2D eigenvalue weighted by Gasteiger charge is -2.29. The predicted molar refractivity (Wildman–Crippen MR) is 100 cm³/mol. The van der Waals surface area contributed by atoms with Crippen molar-refractivity contribution in [1.82, 2.24) is 24.7 Å². The molecule has 2 saturated carbocycles. The van der Waals surface area contributed by atoms with Crippen molar-refractivity contribution in [2.45, 2.75) is 75.3 Å². The van der Waals surface area contributed by atoms with E-state index in [1.54, 1.807) is 24.6 Å². The molecule has 0 atom stereocenters. The van der Waals surface area contributed by atoms with E-state index in [2.05, 4.69) is 20.0 Å². The topological polar surface area (TPSA) is 110 Å². The Balaban J connectivity index is 1.44. The lowest BCUT2D eigenvalue weighted by molar-refractivity contribution is 0.284. The van der Waals surface area contributed by atoms with Gasteiger partial charge < -0.3 is 0 Å². The largest absolute Gasteiger partial charge is 0.281 e. The highest BCUT2D eigenvalue weighted by atomic mass is 32.2. The summed E-state index contributed by atoms with van der Waals surface area (Å²) >= 11 is 0. The van der Waals surface area contributed by atoms with Crippen molar-refractivity contribution in [3.05, 3.63) is 39.6 Å². The van der Waals surface area contributed by atoms with Crippen LogP contribution in [0.2, 0.25) is 0 Å². The molecule has 2 aromatic heterocycles. The highest BCUT2D eigenvalue weighted by Gasteiger charge is 2.31. The Kier molecular flexibility index (Phi) is 4.67. The first-order chi connectivity index (χ1) is 12.8. The van der Waals surface area contributed by atoms with Gasteiger partial charge >= 0.3 is 0 Å². The number of nitrogens with zero attached hydrogens (tertiary/aromatic N) is 3. The van der Waals surface area contributed by atoms with Crippen molar-refractivity contribution in [1.29, 1.82) is 0 Å². The van der Waals surface area contributed by atoms with E-state index in [4.69, 9.17) is 0 Å². The molecule has 146 valence electrons. The summed E-state index contributed by atoms with van der Waals surface area (Å²) < 4.78 is 29.8. The molecule has 0 radical (unpaired) electrons. The number of aryl methyl sites for hydroxylation is 2. The third kappa shape index (κ3) is 3.70. The third-order valence-electron chi connectivity index (χ3n) is 5.53. The van der Waals surface area contributed by atoms with Crippen molar-refractivity contribution in [3.63, 3.8) is 0 Å². The van der Waals surface area contributed by atoms with E-state index >= 15 is 0 Å². The van der Waals surface area contributed by atoms with Crippen LogP contribution in [0.5, 0.6) is 0 Å². The van der Waals surface area contributed by atoms with Gasteiger partial charge in [0.2, 0.25) is 10.0 Å². The highest BCUT2D eigenvalue weighted by Crippen LogP contribution is 2.38. The fourth-order valence-corrected chi connectivity index (χ4v) is 5.63. The van der Waals surface area contributed by atoms with E-state index in [1.165, 1.54) is 0 Å². The summed E-state index contributed by atoms with van der Waals surface area (Å²) in [5.41, 5.74) is 1.94. The van der Waals surface area contributed by atoms with E-state index < -0.39 is 10.0 Å². The Morgan fingerprint density at radius 3 is 2.41 bits per heavy atom. The summed E-state index contributed by atoms with van der Waals surface area (Å²) in [5, 5.41) is 11.3. The van der Waals surface area contributed by atoms with Crippen molar-refractivity contribution in [3.8, 4) is 0 Å². The van der Waals surface area contributed by atoms with Gasteiger partial charge in [-0.15, -0.1) is 0 Å². The highest BCUT2D eigenvalue weighted by molar-refractivity contribution is 7.89. The Morgan fingerprint density at radius 1 is 1.11 bits per heavy atom. The minimum Gasteiger partial charge on any atom is -0.281 e. The molecule has 0 unspecified atom stereocenters. The molecule has 2 N–H and O–H groups in total. The number of rotatable bonds is 5. The molecule has 0 aromatic carbocycles. The van der Waals surface area contributed by atoms with Crippen LogP contribution in [0.1, 0.15) is 67.6 Å². The maximum Gasteiger partial charge on any atom is 0.267 e. The number of aromatic nitrogens is 4. The van der Waals surface area contributed by atoms with Gasteiger partial charge in [-0.2, -0.15) is 10.2 Å². The zero-order chi connectivity index (χ0) is 19.2. The molecular weight excluding hydrogens is 366 g/mol. The number of sulfonamides is 1. The minimum atomic E-state index is -3.61. The number of H-pyrrole nitrogens is 1. The fourth-order valence-electron chi connectivity index (χ4n) is 3.95. The summed E-state index contributed by atoms with van der Waals surface area (Å²) in [6, 6.07) is 3.35. The van der Waals surface area contributed by atoms with E-state index in [9.17, 15) is 13.2 Å². The van der Waals surface area contributed by atoms with Gasteiger partial charge in [-0.3, -0.25) is 9.89 Å². The van der Waals surface area contributed by atoms with Crippen LogP contribution in [-0.4, -0.2) is 34.4 Å². The van der Waals surface area contributed by atoms with Gasteiger partial charge in [0.1, 0.15) is 4.90 Å². The first kappa shape index (κ1) is 18.4. The lowest BCUT2D eigenvalue weighted by Crippen LogP contribution is -2.39. The molecule has 9 heteroatoms. The second kappa shape index (κ2) is 6.87. The van der Waals surface area contributed by atoms with Gasteiger partial charge in [-0.05, 0) is 58.4 Å². The van der Waals surface area contributed by atoms with Crippen LogP contribution in [0, 0.1) is 13.8 Å². The molecule has 27 heavy (non-hydrogen) atoms. The van der Waals surface area contributed by atoms with E-state index in [0.717, 1.165) is 31.4 Å². The summed E-state index contributed by atoms with van der Waals surface area (Å²) in [6.07, 6.45) is 5.12.